The number of aromatic nitrogens is 3. The van der Waals surface area contributed by atoms with Crippen LogP contribution in [-0.4, -0.2) is 45.9 Å². The maximum absolute atomic E-state index is 12.6. The number of anilines is 1. The van der Waals surface area contributed by atoms with Gasteiger partial charge < -0.3 is 20.9 Å². The molecule has 1 saturated carbocycles. The molecule has 3 aromatic heterocycles. The van der Waals surface area contributed by atoms with Crippen molar-refractivity contribution >= 4 is 28.5 Å². The van der Waals surface area contributed by atoms with Crippen molar-refractivity contribution in [2.24, 2.45) is 0 Å². The first-order chi connectivity index (χ1) is 15.0. The average molecular weight is 420 g/mol. The number of carbonyl (C=O) groups is 2. The van der Waals surface area contributed by atoms with Gasteiger partial charge in [0.05, 0.1) is 28.5 Å². The van der Waals surface area contributed by atoms with E-state index in [9.17, 15) is 14.4 Å². The lowest BCUT2D eigenvalue weighted by molar-refractivity contribution is 0.0911. The second-order valence-electron chi connectivity index (χ2n) is 7.63. The summed E-state index contributed by atoms with van der Waals surface area (Å²) in [5.41, 5.74) is 3.34. The third kappa shape index (κ3) is 4.40. The maximum Gasteiger partial charge on any atom is 0.269 e. The first-order valence-corrected chi connectivity index (χ1v) is 10.2. The molecule has 1 fully saturated rings. The second kappa shape index (κ2) is 8.55. The van der Waals surface area contributed by atoms with Gasteiger partial charge in [0.2, 0.25) is 0 Å². The number of rotatable bonds is 6. The van der Waals surface area contributed by atoms with E-state index in [-0.39, 0.29) is 29.5 Å². The number of aryl methyl sites for hydroxylation is 1. The molecule has 0 aliphatic heterocycles. The highest BCUT2D eigenvalue weighted by molar-refractivity contribution is 5.96. The van der Waals surface area contributed by atoms with Crippen LogP contribution in [0.15, 0.2) is 41.5 Å². The molecule has 31 heavy (non-hydrogen) atoms. The first-order valence-electron chi connectivity index (χ1n) is 10.2. The van der Waals surface area contributed by atoms with E-state index < -0.39 is 0 Å². The van der Waals surface area contributed by atoms with E-state index >= 15 is 0 Å². The topological polar surface area (TPSA) is 129 Å². The third-order valence-electron chi connectivity index (χ3n) is 5.48. The summed E-state index contributed by atoms with van der Waals surface area (Å²) in [6, 6.07) is 7.17. The number of fused-ring (bicyclic) bond motifs is 1. The summed E-state index contributed by atoms with van der Waals surface area (Å²) in [6.07, 6.45) is 5.34. The summed E-state index contributed by atoms with van der Waals surface area (Å²) in [7, 11) is 1.56. The molecule has 0 saturated heterocycles. The van der Waals surface area contributed by atoms with Crippen LogP contribution in [0, 0.1) is 0 Å². The van der Waals surface area contributed by atoms with Crippen LogP contribution >= 0.6 is 0 Å². The summed E-state index contributed by atoms with van der Waals surface area (Å²) in [6.45, 7) is 1.91. The molecule has 9 nitrogen and oxygen atoms in total. The average Bonchev–Trinajstić information content (AvgIpc) is 2.76. The molecule has 9 heteroatoms. The summed E-state index contributed by atoms with van der Waals surface area (Å²) < 4.78 is 0. The van der Waals surface area contributed by atoms with Crippen molar-refractivity contribution in [2.45, 2.75) is 38.3 Å². The van der Waals surface area contributed by atoms with Gasteiger partial charge in [-0.25, -0.2) is 4.98 Å². The monoisotopic (exact) mass is 420 g/mol. The van der Waals surface area contributed by atoms with Gasteiger partial charge in [-0.2, -0.15) is 0 Å². The van der Waals surface area contributed by atoms with Gasteiger partial charge in [-0.05, 0) is 43.5 Å². The van der Waals surface area contributed by atoms with E-state index in [0.29, 0.717) is 34.3 Å². The minimum atomic E-state index is -0.226. The van der Waals surface area contributed by atoms with Crippen molar-refractivity contribution < 1.29 is 9.59 Å². The molecule has 3 heterocycles. The Balaban J connectivity index is 1.32. The van der Waals surface area contributed by atoms with Crippen LogP contribution < -0.4 is 21.5 Å². The number of carbonyl (C=O) groups excluding carboxylic acids is 2. The number of hydrogen-bond donors (Lipinski definition) is 4. The number of nitrogens with zero attached hydrogens (tertiary/aromatic N) is 2. The van der Waals surface area contributed by atoms with E-state index in [1.165, 1.54) is 6.20 Å². The Kier molecular flexibility index (Phi) is 5.66. The van der Waals surface area contributed by atoms with Gasteiger partial charge >= 0.3 is 0 Å². The Bertz CT molecular complexity index is 1180. The normalized spacial score (nSPS) is 17.6. The summed E-state index contributed by atoms with van der Waals surface area (Å²) in [5, 5.41) is 8.89. The van der Waals surface area contributed by atoms with Gasteiger partial charge in [-0.3, -0.25) is 19.4 Å². The van der Waals surface area contributed by atoms with Crippen LogP contribution in [0.1, 0.15) is 46.2 Å². The molecule has 0 spiro atoms. The number of pyridine rings is 3. The zero-order valence-electron chi connectivity index (χ0n) is 17.4. The minimum absolute atomic E-state index is 0.0558. The molecule has 160 valence electrons. The smallest absolute Gasteiger partial charge is 0.269 e. The van der Waals surface area contributed by atoms with E-state index in [2.05, 4.69) is 30.9 Å². The standard InChI is InChI=1S/C22H24N6O3/c1-3-12-6-18-19(28-20(12)29)7-13(10-24-18)21(30)27-16-8-15(9-16)26-14-4-5-17(25-11-14)22(31)23-2/h4-7,10-11,15-16,26H,3,8-9H2,1-2H3,(H,23,31)(H,27,30)(H,28,29). The van der Waals surface area contributed by atoms with Gasteiger partial charge in [0.25, 0.3) is 17.4 Å². The lowest BCUT2D eigenvalue weighted by Gasteiger charge is -2.36. The van der Waals surface area contributed by atoms with Crippen LogP contribution in [0.4, 0.5) is 5.69 Å². The molecule has 4 N–H and O–H groups in total. The number of H-pyrrole nitrogens is 1. The molecule has 0 bridgehead atoms. The van der Waals surface area contributed by atoms with Crippen molar-refractivity contribution in [3.05, 3.63) is 63.8 Å². The molecule has 2 amide bonds. The third-order valence-corrected chi connectivity index (χ3v) is 5.48. The molecule has 3 aromatic rings. The van der Waals surface area contributed by atoms with Gasteiger partial charge in [-0.1, -0.05) is 6.92 Å². The van der Waals surface area contributed by atoms with Crippen molar-refractivity contribution in [3.63, 3.8) is 0 Å². The summed E-state index contributed by atoms with van der Waals surface area (Å²) >= 11 is 0. The number of amides is 2. The molecule has 0 radical (unpaired) electrons. The predicted molar refractivity (Wildman–Crippen MR) is 117 cm³/mol. The Morgan fingerprint density at radius 1 is 1.10 bits per heavy atom. The highest BCUT2D eigenvalue weighted by atomic mass is 16.2. The van der Waals surface area contributed by atoms with Gasteiger partial charge in [0.1, 0.15) is 5.69 Å². The molecular weight excluding hydrogens is 396 g/mol. The molecular formula is C22H24N6O3. The molecule has 1 aliphatic rings. The van der Waals surface area contributed by atoms with Gasteiger partial charge in [-0.15, -0.1) is 0 Å². The van der Waals surface area contributed by atoms with Crippen LogP contribution in [-0.2, 0) is 6.42 Å². The largest absolute Gasteiger partial charge is 0.381 e. The zero-order valence-corrected chi connectivity index (χ0v) is 17.4. The predicted octanol–water partition coefficient (Wildman–Crippen LogP) is 1.61. The first kappa shape index (κ1) is 20.5. The number of aromatic amines is 1. The maximum atomic E-state index is 12.6. The molecule has 4 rings (SSSR count). The quantitative estimate of drug-likeness (QED) is 0.480. The van der Waals surface area contributed by atoms with Crippen molar-refractivity contribution in [3.8, 4) is 0 Å². The SMILES string of the molecule is CCc1cc2ncc(C(=O)NC3CC(Nc4ccc(C(=O)NC)nc4)C3)cc2[nH]c1=O. The van der Waals surface area contributed by atoms with Crippen LogP contribution in [0.25, 0.3) is 11.0 Å². The van der Waals surface area contributed by atoms with E-state index in [1.54, 1.807) is 31.4 Å². The van der Waals surface area contributed by atoms with Crippen LogP contribution in [0.5, 0.6) is 0 Å². The molecule has 1 aliphatic carbocycles. The summed E-state index contributed by atoms with van der Waals surface area (Å²) in [5.74, 6) is -0.439. The number of nitrogens with one attached hydrogen (secondary N) is 4. The number of hydrogen-bond acceptors (Lipinski definition) is 6. The Hall–Kier alpha value is -3.75. The van der Waals surface area contributed by atoms with Gasteiger partial charge in [0, 0.05) is 30.9 Å². The Labute approximate surface area is 178 Å². The lowest BCUT2D eigenvalue weighted by Crippen LogP contribution is -2.49. The van der Waals surface area contributed by atoms with Gasteiger partial charge in [0.15, 0.2) is 0 Å². The fourth-order valence-electron chi connectivity index (χ4n) is 3.61. The Morgan fingerprint density at radius 3 is 2.58 bits per heavy atom. The van der Waals surface area contributed by atoms with E-state index in [1.807, 2.05) is 13.0 Å². The molecule has 0 atom stereocenters. The molecule has 0 aromatic carbocycles. The fourth-order valence-corrected chi connectivity index (χ4v) is 3.61. The fraction of sp³-hybridized carbons (Fsp3) is 0.318. The van der Waals surface area contributed by atoms with E-state index in [4.69, 9.17) is 0 Å². The second-order valence-corrected chi connectivity index (χ2v) is 7.63. The molecule has 0 unspecified atom stereocenters. The highest BCUT2D eigenvalue weighted by Gasteiger charge is 2.30. The lowest BCUT2D eigenvalue weighted by atomic mass is 9.86. The summed E-state index contributed by atoms with van der Waals surface area (Å²) in [4.78, 5) is 47.4. The zero-order chi connectivity index (χ0) is 22.0. The van der Waals surface area contributed by atoms with Crippen LogP contribution in [0.3, 0.4) is 0 Å². The van der Waals surface area contributed by atoms with E-state index in [0.717, 1.165) is 18.5 Å². The Morgan fingerprint density at radius 2 is 1.90 bits per heavy atom. The highest BCUT2D eigenvalue weighted by Crippen LogP contribution is 2.24. The minimum Gasteiger partial charge on any atom is -0.381 e. The van der Waals surface area contributed by atoms with Crippen molar-refractivity contribution in [1.29, 1.82) is 0 Å². The van der Waals surface area contributed by atoms with Crippen molar-refractivity contribution in [2.75, 3.05) is 12.4 Å². The van der Waals surface area contributed by atoms with Crippen molar-refractivity contribution in [1.82, 2.24) is 25.6 Å². The van der Waals surface area contributed by atoms with Crippen LogP contribution in [0.2, 0.25) is 0 Å².